The van der Waals surface area contributed by atoms with Crippen LogP contribution < -0.4 is 0 Å². The van der Waals surface area contributed by atoms with E-state index >= 15 is 0 Å². The number of unbranched alkanes of at least 4 members (excludes halogenated alkanes) is 9. The van der Waals surface area contributed by atoms with Gasteiger partial charge in [0.1, 0.15) is 0 Å². The van der Waals surface area contributed by atoms with E-state index in [0.717, 1.165) is 25.7 Å². The summed E-state index contributed by atoms with van der Waals surface area (Å²) in [6, 6.07) is 0. The molecule has 5 nitrogen and oxygen atoms in total. The third kappa shape index (κ3) is 32.3. The highest BCUT2D eigenvalue weighted by molar-refractivity contribution is 7.46. The van der Waals surface area contributed by atoms with Gasteiger partial charge in [0, 0.05) is 0 Å². The lowest BCUT2D eigenvalue weighted by Crippen LogP contribution is -2.23. The average molecular weight is 564 g/mol. The Morgan fingerprint density at radius 3 is 1.58 bits per heavy atom. The molecule has 3 unspecified atom stereocenters. The van der Waals surface area contributed by atoms with E-state index in [9.17, 15) is 4.57 Å². The fourth-order valence-electron chi connectivity index (χ4n) is 5.42. The summed E-state index contributed by atoms with van der Waals surface area (Å²) >= 11 is 0. The average Bonchev–Trinajstić information content (AvgIpc) is 2.72. The zero-order valence-electron chi connectivity index (χ0n) is 27.7. The van der Waals surface area contributed by atoms with E-state index in [1.807, 2.05) is 0 Å². The van der Waals surface area contributed by atoms with Crippen LogP contribution in [-0.2, 0) is 9.09 Å². The van der Waals surface area contributed by atoms with Gasteiger partial charge in [-0.25, -0.2) is 4.57 Å². The first kappa shape index (κ1) is 40.2. The second-order valence-corrected chi connectivity index (χ2v) is 16.0. The third-order valence-corrected chi connectivity index (χ3v) is 7.63. The molecule has 3 atom stereocenters. The quantitative estimate of drug-likeness (QED) is 0.114. The molecule has 0 aliphatic carbocycles. The normalized spacial score (nSPS) is 15.2. The van der Waals surface area contributed by atoms with Crippen molar-refractivity contribution in [1.29, 1.82) is 0 Å². The largest absolute Gasteiger partial charge is 0.469 e. The van der Waals surface area contributed by atoms with Crippen LogP contribution in [0.15, 0.2) is 0 Å². The summed E-state index contributed by atoms with van der Waals surface area (Å²) in [5, 5.41) is 0. The second kappa shape index (κ2) is 21.8. The first-order valence-corrected chi connectivity index (χ1v) is 17.2. The molecule has 232 valence electrons. The molecule has 0 amide bonds. The van der Waals surface area contributed by atoms with Gasteiger partial charge in [0.2, 0.25) is 0 Å². The van der Waals surface area contributed by atoms with Crippen LogP contribution >= 0.6 is 7.82 Å². The molecule has 0 radical (unpaired) electrons. The highest BCUT2D eigenvalue weighted by Gasteiger charge is 2.27. The molecule has 38 heavy (non-hydrogen) atoms. The molecular weight excluding hydrogens is 493 g/mol. The Morgan fingerprint density at radius 1 is 0.737 bits per heavy atom. The van der Waals surface area contributed by atoms with Crippen molar-refractivity contribution in [3.05, 3.63) is 0 Å². The minimum absolute atomic E-state index is 0.143. The van der Waals surface area contributed by atoms with Crippen molar-refractivity contribution in [2.75, 3.05) is 27.2 Å². The fraction of sp³-hybridized carbons (Fsp3) is 1.00. The van der Waals surface area contributed by atoms with Crippen LogP contribution in [0, 0.1) is 28.6 Å². The SMILES string of the molecule is CC(CCC(COP(=O)(O)O)C(C)CC(C)(C)C)CC(C)(C)C.CCCCCCCCCCCCN(C)C. The van der Waals surface area contributed by atoms with Gasteiger partial charge in [0.05, 0.1) is 6.61 Å². The van der Waals surface area contributed by atoms with E-state index < -0.39 is 7.82 Å². The Balaban J connectivity index is 0. The van der Waals surface area contributed by atoms with Gasteiger partial charge in [-0.05, 0) is 74.9 Å². The Labute approximate surface area is 239 Å². The zero-order valence-corrected chi connectivity index (χ0v) is 28.5. The van der Waals surface area contributed by atoms with Crippen molar-refractivity contribution in [2.45, 2.75) is 152 Å². The van der Waals surface area contributed by atoms with Crippen molar-refractivity contribution in [1.82, 2.24) is 4.90 Å². The molecule has 0 saturated heterocycles. The van der Waals surface area contributed by atoms with Crippen molar-refractivity contribution >= 4 is 7.82 Å². The maximum atomic E-state index is 11.0. The van der Waals surface area contributed by atoms with Crippen LogP contribution in [0.25, 0.3) is 0 Å². The summed E-state index contributed by atoms with van der Waals surface area (Å²) in [5.41, 5.74) is 0.519. The molecule has 6 heteroatoms. The van der Waals surface area contributed by atoms with E-state index in [1.165, 1.54) is 70.8 Å². The van der Waals surface area contributed by atoms with Crippen molar-refractivity contribution in [2.24, 2.45) is 28.6 Å². The Kier molecular flexibility index (Phi) is 23.0. The maximum absolute atomic E-state index is 11.0. The highest BCUT2D eigenvalue weighted by atomic mass is 31.2. The summed E-state index contributed by atoms with van der Waals surface area (Å²) in [4.78, 5) is 20.3. The first-order valence-electron chi connectivity index (χ1n) is 15.7. The molecule has 0 aliphatic heterocycles. The zero-order chi connectivity index (χ0) is 29.8. The van der Waals surface area contributed by atoms with E-state index in [0.29, 0.717) is 17.3 Å². The standard InChI is InChI=1S/C18H39O4P.C14H31N/c1-14(11-17(3,4)5)9-10-16(13-22-23(19,20)21)15(2)12-18(6,7)8;1-4-5-6-7-8-9-10-11-12-13-14-15(2)3/h14-16H,9-13H2,1-8H3,(H2,19,20,21);4-14H2,1-3H3. The van der Waals surface area contributed by atoms with Crippen molar-refractivity contribution < 1.29 is 18.9 Å². The topological polar surface area (TPSA) is 70.0 Å². The minimum atomic E-state index is -4.39. The maximum Gasteiger partial charge on any atom is 0.469 e. The van der Waals surface area contributed by atoms with Crippen LogP contribution in [-0.4, -0.2) is 41.9 Å². The van der Waals surface area contributed by atoms with Gasteiger partial charge in [0.25, 0.3) is 0 Å². The predicted molar refractivity (Wildman–Crippen MR) is 168 cm³/mol. The summed E-state index contributed by atoms with van der Waals surface area (Å²) in [5.74, 6) is 1.17. The molecule has 0 aromatic rings. The molecule has 0 rings (SSSR count). The van der Waals surface area contributed by atoms with Crippen LogP contribution in [0.3, 0.4) is 0 Å². The predicted octanol–water partition coefficient (Wildman–Crippen LogP) is 10.1. The minimum Gasteiger partial charge on any atom is -0.309 e. The third-order valence-electron chi connectivity index (χ3n) is 7.15. The Morgan fingerprint density at radius 2 is 1.18 bits per heavy atom. The smallest absolute Gasteiger partial charge is 0.309 e. The molecule has 0 fully saturated rings. The Bertz CT molecular complexity index is 577. The fourth-order valence-corrected chi connectivity index (χ4v) is 5.80. The molecule has 0 heterocycles. The summed E-state index contributed by atoms with van der Waals surface area (Å²) in [6.07, 6.45) is 18.6. The van der Waals surface area contributed by atoms with Crippen molar-refractivity contribution in [3.8, 4) is 0 Å². The lowest BCUT2D eigenvalue weighted by Gasteiger charge is -2.31. The van der Waals surface area contributed by atoms with E-state index in [1.54, 1.807) is 0 Å². The van der Waals surface area contributed by atoms with E-state index in [-0.39, 0.29) is 17.9 Å². The molecule has 0 aromatic heterocycles. The van der Waals surface area contributed by atoms with Crippen LogP contribution in [0.1, 0.15) is 152 Å². The van der Waals surface area contributed by atoms with Crippen LogP contribution in [0.2, 0.25) is 0 Å². The van der Waals surface area contributed by atoms with Crippen molar-refractivity contribution in [3.63, 3.8) is 0 Å². The van der Waals surface area contributed by atoms with Gasteiger partial charge < -0.3 is 14.7 Å². The van der Waals surface area contributed by atoms with Gasteiger partial charge in [-0.1, -0.05) is 127 Å². The van der Waals surface area contributed by atoms with Gasteiger partial charge in [-0.3, -0.25) is 4.52 Å². The van der Waals surface area contributed by atoms with Crippen LogP contribution in [0.4, 0.5) is 0 Å². The lowest BCUT2D eigenvalue weighted by atomic mass is 9.76. The molecule has 0 saturated carbocycles. The summed E-state index contributed by atoms with van der Waals surface area (Å²) < 4.78 is 15.9. The van der Waals surface area contributed by atoms with Gasteiger partial charge in [0.15, 0.2) is 0 Å². The van der Waals surface area contributed by atoms with Crippen LogP contribution in [0.5, 0.6) is 0 Å². The Hall–Kier alpha value is 0.0700. The molecule has 0 aliphatic rings. The number of hydrogen-bond donors (Lipinski definition) is 2. The second-order valence-electron chi connectivity index (χ2n) is 14.7. The molecule has 0 aromatic carbocycles. The number of hydrogen-bond acceptors (Lipinski definition) is 3. The van der Waals surface area contributed by atoms with E-state index in [4.69, 9.17) is 14.3 Å². The summed E-state index contributed by atoms with van der Waals surface area (Å²) in [7, 11) is -0.0705. The summed E-state index contributed by atoms with van der Waals surface area (Å²) in [6.45, 7) is 21.5. The van der Waals surface area contributed by atoms with Gasteiger partial charge >= 0.3 is 7.82 Å². The number of phosphoric ester groups is 1. The number of rotatable bonds is 20. The number of nitrogens with zero attached hydrogens (tertiary/aromatic N) is 1. The molecule has 0 spiro atoms. The van der Waals surface area contributed by atoms with Gasteiger partial charge in [-0.15, -0.1) is 0 Å². The molecule has 0 bridgehead atoms. The first-order chi connectivity index (χ1) is 17.4. The molecular formula is C32H70NO4P. The highest BCUT2D eigenvalue weighted by Crippen LogP contribution is 2.40. The molecule has 2 N–H and O–H groups in total. The van der Waals surface area contributed by atoms with Gasteiger partial charge in [-0.2, -0.15) is 0 Å². The lowest BCUT2D eigenvalue weighted by molar-refractivity contribution is 0.118. The monoisotopic (exact) mass is 564 g/mol. The van der Waals surface area contributed by atoms with E-state index in [2.05, 4.69) is 81.3 Å². The number of phosphoric acid groups is 1.